The summed E-state index contributed by atoms with van der Waals surface area (Å²) >= 11 is 0. The van der Waals surface area contributed by atoms with Crippen LogP contribution in [0.3, 0.4) is 0 Å². The maximum Gasteiger partial charge on any atom is 0.573 e. The number of ketones is 1. The summed E-state index contributed by atoms with van der Waals surface area (Å²) in [7, 11) is 0. The highest BCUT2D eigenvalue weighted by Gasteiger charge is 2.33. The molecule has 208 valence electrons. The number of oxime groups is 1. The Kier molecular flexibility index (Phi) is 10.0. The van der Waals surface area contributed by atoms with Crippen LogP contribution in [0.2, 0.25) is 0 Å². The van der Waals surface area contributed by atoms with Crippen LogP contribution in [0.4, 0.5) is 13.2 Å². The molecule has 2 aromatic rings. The molecule has 0 radical (unpaired) electrons. The standard InChI is InChI=1S/C25H31F3N4O6/c1-14(2)22(34)29-16(5)11-32-23(35)19(17(6)30-38-15(3)4)12-31(24(32)36)13-20(33)18-9-7-8-10-21(18)37-25(26,27)28/h7-10,12,14-16H,11,13H2,1-6H3,(H,29,34). The van der Waals surface area contributed by atoms with E-state index in [0.717, 1.165) is 27.5 Å². The van der Waals surface area contributed by atoms with E-state index in [9.17, 15) is 32.3 Å². The Morgan fingerprint density at radius 3 is 2.26 bits per heavy atom. The Bertz CT molecular complexity index is 1310. The molecule has 1 aromatic carbocycles. The fraction of sp³-hybridized carbons (Fsp3) is 0.480. The second-order valence-corrected chi connectivity index (χ2v) is 9.23. The van der Waals surface area contributed by atoms with Crippen molar-refractivity contribution in [2.45, 2.75) is 73.1 Å². The number of para-hydroxylation sites is 1. The third-order valence-electron chi connectivity index (χ3n) is 5.12. The Morgan fingerprint density at radius 2 is 1.68 bits per heavy atom. The van der Waals surface area contributed by atoms with Gasteiger partial charge >= 0.3 is 12.1 Å². The van der Waals surface area contributed by atoms with Crippen molar-refractivity contribution in [3.05, 3.63) is 62.4 Å². The smallest absolute Gasteiger partial charge is 0.405 e. The summed E-state index contributed by atoms with van der Waals surface area (Å²) in [5.41, 5.74) is -2.00. The van der Waals surface area contributed by atoms with Crippen molar-refractivity contribution < 1.29 is 32.3 Å². The normalized spacial score (nSPS) is 13.0. The summed E-state index contributed by atoms with van der Waals surface area (Å²) < 4.78 is 44.2. The number of nitrogens with zero attached hydrogens (tertiary/aromatic N) is 3. The molecule has 1 heterocycles. The first-order valence-corrected chi connectivity index (χ1v) is 11.8. The van der Waals surface area contributed by atoms with Crippen molar-refractivity contribution in [3.8, 4) is 5.75 Å². The molecule has 0 aliphatic rings. The highest BCUT2D eigenvalue weighted by atomic mass is 19.4. The molecule has 1 N–H and O–H groups in total. The van der Waals surface area contributed by atoms with Gasteiger partial charge in [-0.15, -0.1) is 13.2 Å². The minimum Gasteiger partial charge on any atom is -0.405 e. The molecule has 0 aliphatic carbocycles. The van der Waals surface area contributed by atoms with E-state index in [1.54, 1.807) is 34.6 Å². The van der Waals surface area contributed by atoms with Gasteiger partial charge in [0.2, 0.25) is 5.91 Å². The summed E-state index contributed by atoms with van der Waals surface area (Å²) in [6.07, 6.45) is -4.24. The predicted octanol–water partition coefficient (Wildman–Crippen LogP) is 3.10. The molecule has 10 nitrogen and oxygen atoms in total. The first-order valence-electron chi connectivity index (χ1n) is 11.8. The average molecular weight is 541 g/mol. The van der Waals surface area contributed by atoms with Crippen LogP contribution in [-0.4, -0.2) is 45.0 Å². The van der Waals surface area contributed by atoms with Crippen molar-refractivity contribution in [1.29, 1.82) is 0 Å². The van der Waals surface area contributed by atoms with Crippen molar-refractivity contribution in [1.82, 2.24) is 14.5 Å². The summed E-state index contributed by atoms with van der Waals surface area (Å²) in [5, 5.41) is 6.59. The topological polar surface area (TPSA) is 121 Å². The van der Waals surface area contributed by atoms with Crippen LogP contribution in [-0.2, 0) is 22.7 Å². The van der Waals surface area contributed by atoms with Gasteiger partial charge in [0.05, 0.1) is 29.9 Å². The van der Waals surface area contributed by atoms with E-state index in [1.807, 2.05) is 0 Å². The zero-order valence-electron chi connectivity index (χ0n) is 22.0. The van der Waals surface area contributed by atoms with Gasteiger partial charge in [-0.2, -0.15) is 0 Å². The Morgan fingerprint density at radius 1 is 1.05 bits per heavy atom. The number of carbonyl (C=O) groups excluding carboxylic acids is 2. The number of carbonyl (C=O) groups is 2. The van der Waals surface area contributed by atoms with Crippen molar-refractivity contribution in [2.24, 2.45) is 11.1 Å². The zero-order valence-corrected chi connectivity index (χ0v) is 22.0. The number of rotatable bonds is 11. The molecule has 0 fully saturated rings. The Labute approximate surface area is 217 Å². The van der Waals surface area contributed by atoms with Crippen molar-refractivity contribution in [2.75, 3.05) is 0 Å². The van der Waals surface area contributed by atoms with Gasteiger partial charge < -0.3 is 14.9 Å². The van der Waals surface area contributed by atoms with E-state index in [4.69, 9.17) is 4.84 Å². The van der Waals surface area contributed by atoms with E-state index in [1.165, 1.54) is 19.1 Å². The molecule has 0 aliphatic heterocycles. The van der Waals surface area contributed by atoms with E-state index in [-0.39, 0.29) is 35.7 Å². The predicted molar refractivity (Wildman–Crippen MR) is 133 cm³/mol. The van der Waals surface area contributed by atoms with Crippen LogP contribution in [0.5, 0.6) is 5.75 Å². The molecule has 1 aromatic heterocycles. The van der Waals surface area contributed by atoms with E-state index in [0.29, 0.717) is 0 Å². The molecule has 1 amide bonds. The minimum absolute atomic E-state index is 0.0692. The van der Waals surface area contributed by atoms with Gasteiger partial charge in [0.15, 0.2) is 5.78 Å². The van der Waals surface area contributed by atoms with Gasteiger partial charge in [0.25, 0.3) is 5.56 Å². The van der Waals surface area contributed by atoms with Crippen LogP contribution in [0.15, 0.2) is 45.2 Å². The molecule has 1 unspecified atom stereocenters. The largest absolute Gasteiger partial charge is 0.573 e. The van der Waals surface area contributed by atoms with Crippen LogP contribution in [0.1, 0.15) is 57.5 Å². The quantitative estimate of drug-likeness (QED) is 0.266. The fourth-order valence-electron chi connectivity index (χ4n) is 3.29. The van der Waals surface area contributed by atoms with Crippen molar-refractivity contribution in [3.63, 3.8) is 0 Å². The lowest BCUT2D eigenvalue weighted by Gasteiger charge is -2.19. The minimum atomic E-state index is -5.03. The third-order valence-corrected chi connectivity index (χ3v) is 5.12. The number of hydrogen-bond acceptors (Lipinski definition) is 7. The Balaban J connectivity index is 2.57. The molecule has 0 saturated carbocycles. The molecular weight excluding hydrogens is 509 g/mol. The maximum absolute atomic E-state index is 13.2. The summed E-state index contributed by atoms with van der Waals surface area (Å²) in [6, 6.07) is 4.10. The van der Waals surface area contributed by atoms with Gasteiger partial charge in [0, 0.05) is 18.2 Å². The fourth-order valence-corrected chi connectivity index (χ4v) is 3.29. The highest BCUT2D eigenvalue weighted by Crippen LogP contribution is 2.26. The van der Waals surface area contributed by atoms with Crippen LogP contribution in [0.25, 0.3) is 0 Å². The third kappa shape index (κ3) is 8.32. The maximum atomic E-state index is 13.2. The van der Waals surface area contributed by atoms with E-state index >= 15 is 0 Å². The van der Waals surface area contributed by atoms with Gasteiger partial charge in [-0.1, -0.05) is 31.1 Å². The number of Topliss-reactive ketones (excluding diaryl/α,β-unsaturated/α-hetero) is 1. The van der Waals surface area contributed by atoms with Gasteiger partial charge in [-0.05, 0) is 39.8 Å². The van der Waals surface area contributed by atoms with Gasteiger partial charge in [-0.25, -0.2) is 4.79 Å². The molecule has 2 rings (SSSR count). The van der Waals surface area contributed by atoms with Gasteiger partial charge in [0.1, 0.15) is 11.9 Å². The second-order valence-electron chi connectivity index (χ2n) is 9.23. The van der Waals surface area contributed by atoms with Crippen molar-refractivity contribution >= 4 is 17.4 Å². The molecule has 38 heavy (non-hydrogen) atoms. The van der Waals surface area contributed by atoms with Crippen LogP contribution >= 0.6 is 0 Å². The van der Waals surface area contributed by atoms with E-state index in [2.05, 4.69) is 15.2 Å². The number of alkyl halides is 3. The van der Waals surface area contributed by atoms with E-state index < -0.39 is 47.3 Å². The zero-order chi connectivity index (χ0) is 28.8. The first-order chi connectivity index (χ1) is 17.6. The molecule has 0 saturated heterocycles. The lowest BCUT2D eigenvalue weighted by molar-refractivity contribution is -0.274. The number of benzene rings is 1. The molecule has 1 atom stereocenters. The number of nitrogens with one attached hydrogen (secondary N) is 1. The molecular formula is C25H31F3N4O6. The highest BCUT2D eigenvalue weighted by molar-refractivity contribution is 5.99. The summed E-state index contributed by atoms with van der Waals surface area (Å²) in [6.45, 7) is 8.94. The number of ether oxygens (including phenoxy) is 1. The monoisotopic (exact) mass is 540 g/mol. The molecule has 13 heteroatoms. The number of halogens is 3. The summed E-state index contributed by atoms with van der Waals surface area (Å²) in [4.78, 5) is 56.8. The summed E-state index contributed by atoms with van der Waals surface area (Å²) in [5.74, 6) is -2.21. The lowest BCUT2D eigenvalue weighted by atomic mass is 10.1. The first kappa shape index (κ1) is 30.3. The molecule has 0 bridgehead atoms. The lowest BCUT2D eigenvalue weighted by Crippen LogP contribution is -2.48. The van der Waals surface area contributed by atoms with Gasteiger partial charge in [-0.3, -0.25) is 23.5 Å². The number of hydrogen-bond donors (Lipinski definition) is 1. The second kappa shape index (κ2) is 12.6. The number of amides is 1. The SMILES string of the molecule is CC(=NOC(C)C)c1cn(CC(=O)c2ccccc2OC(F)(F)F)c(=O)n(CC(C)NC(=O)C(C)C)c1=O. The molecule has 0 spiro atoms. The van der Waals surface area contributed by atoms with Crippen LogP contribution < -0.4 is 21.3 Å². The average Bonchev–Trinajstić information content (AvgIpc) is 2.81. The van der Waals surface area contributed by atoms with Crippen LogP contribution in [0, 0.1) is 5.92 Å². The Hall–Kier alpha value is -3.90. The number of aromatic nitrogens is 2.